The summed E-state index contributed by atoms with van der Waals surface area (Å²) in [6, 6.07) is 10.4. The van der Waals surface area contributed by atoms with Gasteiger partial charge in [-0.1, -0.05) is 17.8 Å². The van der Waals surface area contributed by atoms with Crippen LogP contribution in [0, 0.1) is 41.5 Å². The number of aryl methyl sites for hydroxylation is 5. The molecule has 156 valence electrons. The lowest BCUT2D eigenvalue weighted by atomic mass is 10.1. The highest BCUT2D eigenvalue weighted by molar-refractivity contribution is 7.99. The Morgan fingerprint density at radius 1 is 1.03 bits per heavy atom. The summed E-state index contributed by atoms with van der Waals surface area (Å²) in [4.78, 5) is 20.8. The van der Waals surface area contributed by atoms with Gasteiger partial charge in [0.05, 0.1) is 12.0 Å². The molecular formula is C23H27N5OS. The minimum absolute atomic E-state index is 0.193. The molecule has 0 aliphatic carbocycles. The third-order valence-corrected chi connectivity index (χ3v) is 5.75. The fourth-order valence-electron chi connectivity index (χ4n) is 3.27. The third kappa shape index (κ3) is 5.16. The van der Waals surface area contributed by atoms with Gasteiger partial charge in [0, 0.05) is 34.0 Å². The Kier molecular flexibility index (Phi) is 6.72. The number of amides is 1. The summed E-state index contributed by atoms with van der Waals surface area (Å²) in [7, 11) is 0. The maximum absolute atomic E-state index is 12.1. The summed E-state index contributed by atoms with van der Waals surface area (Å²) >= 11 is 1.30. The Morgan fingerprint density at radius 3 is 2.40 bits per heavy atom. The molecule has 30 heavy (non-hydrogen) atoms. The molecule has 0 saturated carbocycles. The molecule has 0 fully saturated rings. The molecule has 0 atom stereocenters. The minimum Gasteiger partial charge on any atom is -0.318 e. The average molecular weight is 422 g/mol. The molecule has 2 heterocycles. The second-order valence-electron chi connectivity index (χ2n) is 7.45. The fraction of sp³-hybridized carbons (Fsp3) is 0.304. The second kappa shape index (κ2) is 9.26. The van der Waals surface area contributed by atoms with Crippen LogP contribution in [0.3, 0.4) is 0 Å². The van der Waals surface area contributed by atoms with E-state index >= 15 is 0 Å². The first-order chi connectivity index (χ1) is 14.2. The van der Waals surface area contributed by atoms with Gasteiger partial charge < -0.3 is 4.57 Å². The smallest absolute Gasteiger partial charge is 0.250 e. The van der Waals surface area contributed by atoms with E-state index in [-0.39, 0.29) is 11.7 Å². The molecule has 6 nitrogen and oxygen atoms in total. The number of aromatic nitrogens is 3. The van der Waals surface area contributed by atoms with E-state index in [9.17, 15) is 4.79 Å². The first-order valence-corrected chi connectivity index (χ1v) is 10.8. The monoisotopic (exact) mass is 421 g/mol. The van der Waals surface area contributed by atoms with Gasteiger partial charge in [-0.2, -0.15) is 5.10 Å². The van der Waals surface area contributed by atoms with E-state index in [2.05, 4.69) is 77.0 Å². The zero-order chi connectivity index (χ0) is 21.8. The minimum atomic E-state index is -0.193. The normalized spacial score (nSPS) is 11.3. The lowest BCUT2D eigenvalue weighted by molar-refractivity contribution is -0.118. The van der Waals surface area contributed by atoms with Gasteiger partial charge in [-0.05, 0) is 76.9 Å². The summed E-state index contributed by atoms with van der Waals surface area (Å²) in [5.41, 5.74) is 11.2. The molecule has 7 heteroatoms. The Labute approximate surface area is 181 Å². The molecule has 0 unspecified atom stereocenters. The van der Waals surface area contributed by atoms with E-state index in [4.69, 9.17) is 0 Å². The number of nitrogens with zero attached hydrogens (tertiary/aromatic N) is 4. The summed E-state index contributed by atoms with van der Waals surface area (Å²) in [6.07, 6.45) is 1.69. The number of benzene rings is 1. The van der Waals surface area contributed by atoms with Gasteiger partial charge in [0.1, 0.15) is 0 Å². The van der Waals surface area contributed by atoms with Crippen molar-refractivity contribution in [1.82, 2.24) is 20.0 Å². The third-order valence-electron chi connectivity index (χ3n) is 4.91. The molecule has 1 aromatic carbocycles. The van der Waals surface area contributed by atoms with Crippen LogP contribution in [0.15, 0.2) is 40.6 Å². The summed E-state index contributed by atoms with van der Waals surface area (Å²) < 4.78 is 2.20. The van der Waals surface area contributed by atoms with Crippen LogP contribution in [0.2, 0.25) is 0 Å². The maximum atomic E-state index is 12.1. The summed E-state index contributed by atoms with van der Waals surface area (Å²) in [6.45, 7) is 12.2. The lowest BCUT2D eigenvalue weighted by Crippen LogP contribution is -2.19. The highest BCUT2D eigenvalue weighted by Gasteiger charge is 2.10. The van der Waals surface area contributed by atoms with Crippen molar-refractivity contribution in [1.29, 1.82) is 0 Å². The average Bonchev–Trinajstić information content (AvgIpc) is 2.95. The van der Waals surface area contributed by atoms with Gasteiger partial charge in [0.15, 0.2) is 5.16 Å². The van der Waals surface area contributed by atoms with Gasteiger partial charge >= 0.3 is 0 Å². The Bertz CT molecular complexity index is 1100. The quantitative estimate of drug-likeness (QED) is 0.278. The van der Waals surface area contributed by atoms with Crippen molar-refractivity contribution in [3.63, 3.8) is 0 Å². The maximum Gasteiger partial charge on any atom is 0.250 e. The van der Waals surface area contributed by atoms with Gasteiger partial charge in [-0.15, -0.1) is 0 Å². The van der Waals surface area contributed by atoms with Crippen molar-refractivity contribution in [2.24, 2.45) is 5.10 Å². The standard InChI is InChI=1S/C23H27N5OS/c1-14-7-8-21(9-15(14)2)28-18(5)11-20(19(28)6)12-24-27-22(29)13-30-23-25-16(3)10-17(4)26-23/h7-12H,13H2,1-6H3,(H,27,29)/b24-12-. The molecule has 3 rings (SSSR count). The van der Waals surface area contributed by atoms with E-state index in [0.717, 1.165) is 34.0 Å². The highest BCUT2D eigenvalue weighted by atomic mass is 32.2. The number of hydrogen-bond donors (Lipinski definition) is 1. The predicted molar refractivity (Wildman–Crippen MR) is 123 cm³/mol. The van der Waals surface area contributed by atoms with E-state index < -0.39 is 0 Å². The van der Waals surface area contributed by atoms with Crippen molar-refractivity contribution in [2.75, 3.05) is 5.75 Å². The van der Waals surface area contributed by atoms with Gasteiger partial charge in [0.2, 0.25) is 0 Å². The van der Waals surface area contributed by atoms with E-state index in [1.54, 1.807) is 6.21 Å². The van der Waals surface area contributed by atoms with Crippen molar-refractivity contribution < 1.29 is 4.79 Å². The van der Waals surface area contributed by atoms with Crippen LogP contribution in [0.1, 0.15) is 39.5 Å². The van der Waals surface area contributed by atoms with E-state index in [0.29, 0.717) is 5.16 Å². The van der Waals surface area contributed by atoms with Gasteiger partial charge in [0.25, 0.3) is 5.91 Å². The second-order valence-corrected chi connectivity index (χ2v) is 8.39. The first-order valence-electron chi connectivity index (χ1n) is 9.78. The Hall–Kier alpha value is -2.93. The number of nitrogens with one attached hydrogen (secondary N) is 1. The van der Waals surface area contributed by atoms with E-state index in [1.807, 2.05) is 19.9 Å². The van der Waals surface area contributed by atoms with Gasteiger partial charge in [-0.25, -0.2) is 15.4 Å². The largest absolute Gasteiger partial charge is 0.318 e. The first kappa shape index (κ1) is 21.8. The Morgan fingerprint density at radius 2 is 1.73 bits per heavy atom. The van der Waals surface area contributed by atoms with Crippen LogP contribution in [-0.4, -0.2) is 32.4 Å². The molecule has 0 aliphatic rings. The molecular weight excluding hydrogens is 394 g/mol. The number of rotatable bonds is 6. The Balaban J connectivity index is 1.65. The molecule has 1 amide bonds. The molecule has 0 spiro atoms. The van der Waals surface area contributed by atoms with Crippen LogP contribution in [0.25, 0.3) is 5.69 Å². The van der Waals surface area contributed by atoms with Crippen molar-refractivity contribution in [2.45, 2.75) is 46.7 Å². The molecule has 1 N–H and O–H groups in total. The van der Waals surface area contributed by atoms with Crippen LogP contribution < -0.4 is 5.43 Å². The number of hydrogen-bond acceptors (Lipinski definition) is 5. The molecule has 0 saturated heterocycles. The molecule has 2 aromatic heterocycles. The zero-order valence-corrected chi connectivity index (χ0v) is 19.1. The molecule has 0 radical (unpaired) electrons. The summed E-state index contributed by atoms with van der Waals surface area (Å²) in [5.74, 6) is 0.0176. The van der Waals surface area contributed by atoms with Crippen LogP contribution >= 0.6 is 11.8 Å². The van der Waals surface area contributed by atoms with Gasteiger partial charge in [-0.3, -0.25) is 4.79 Å². The number of carbonyl (C=O) groups is 1. The molecule has 3 aromatic rings. The van der Waals surface area contributed by atoms with Crippen LogP contribution in [0.5, 0.6) is 0 Å². The summed E-state index contributed by atoms with van der Waals surface area (Å²) in [5, 5.41) is 4.74. The van der Waals surface area contributed by atoms with Crippen molar-refractivity contribution in [3.8, 4) is 5.69 Å². The number of hydrazone groups is 1. The number of thioether (sulfide) groups is 1. The van der Waals surface area contributed by atoms with E-state index in [1.165, 1.54) is 22.9 Å². The van der Waals surface area contributed by atoms with Crippen molar-refractivity contribution in [3.05, 3.63) is 69.8 Å². The fourth-order valence-corrected chi connectivity index (χ4v) is 4.02. The van der Waals surface area contributed by atoms with Crippen LogP contribution in [0.4, 0.5) is 0 Å². The topological polar surface area (TPSA) is 72.2 Å². The van der Waals surface area contributed by atoms with Crippen molar-refractivity contribution >= 4 is 23.9 Å². The van der Waals surface area contributed by atoms with Crippen LogP contribution in [-0.2, 0) is 4.79 Å². The lowest BCUT2D eigenvalue weighted by Gasteiger charge is -2.11. The predicted octanol–water partition coefficient (Wildman–Crippen LogP) is 4.36. The zero-order valence-electron chi connectivity index (χ0n) is 18.3. The highest BCUT2D eigenvalue weighted by Crippen LogP contribution is 2.22. The molecule has 0 bridgehead atoms. The SMILES string of the molecule is Cc1cc(C)nc(SCC(=O)N/N=C\c2cc(C)n(-c3ccc(C)c(C)c3)c2C)n1. The molecule has 0 aliphatic heterocycles. The number of carbonyl (C=O) groups excluding carboxylic acids is 1.